The summed E-state index contributed by atoms with van der Waals surface area (Å²) in [6.45, 7) is 6.15. The van der Waals surface area contributed by atoms with E-state index in [-0.39, 0.29) is 0 Å². The Balaban J connectivity index is 3.03. The fourth-order valence-corrected chi connectivity index (χ4v) is 2.31. The van der Waals surface area contributed by atoms with Gasteiger partial charge in [0.15, 0.2) is 0 Å². The van der Waals surface area contributed by atoms with Crippen molar-refractivity contribution in [1.29, 1.82) is 0 Å². The largest absolute Gasteiger partial charge is 0.398 e. The number of aryl methyl sites for hydroxylation is 3. The van der Waals surface area contributed by atoms with E-state index >= 15 is 0 Å². The lowest BCUT2D eigenvalue weighted by atomic mass is 9.98. The third-order valence-corrected chi connectivity index (χ3v) is 3.33. The van der Waals surface area contributed by atoms with Crippen LogP contribution in [-0.4, -0.2) is 0 Å². The van der Waals surface area contributed by atoms with E-state index in [2.05, 4.69) is 19.9 Å². The molecule has 0 atom stereocenters. The van der Waals surface area contributed by atoms with Crippen molar-refractivity contribution in [3.63, 3.8) is 0 Å². The van der Waals surface area contributed by atoms with Gasteiger partial charge in [0.25, 0.3) is 0 Å². The molecule has 0 aliphatic heterocycles. The second-order valence-corrected chi connectivity index (χ2v) is 4.43. The first-order valence-electron chi connectivity index (χ1n) is 4.97. The van der Waals surface area contributed by atoms with E-state index in [0.717, 1.165) is 27.0 Å². The van der Waals surface area contributed by atoms with Gasteiger partial charge in [-0.15, -0.1) is 0 Å². The molecule has 0 aromatic heterocycles. The van der Waals surface area contributed by atoms with Crippen molar-refractivity contribution in [2.45, 2.75) is 20.8 Å². The summed E-state index contributed by atoms with van der Waals surface area (Å²) in [5.41, 5.74) is 10.4. The van der Waals surface area contributed by atoms with E-state index < -0.39 is 0 Å². The molecule has 78 valence electrons. The highest BCUT2D eigenvalue weighted by atomic mass is 35.5. The van der Waals surface area contributed by atoms with Crippen molar-refractivity contribution < 1.29 is 0 Å². The Labute approximate surface area is 94.9 Å². The number of nitrogen functional groups attached to an aromatic ring is 1. The van der Waals surface area contributed by atoms with Crippen LogP contribution >= 0.6 is 11.6 Å². The number of hydrogen-bond acceptors (Lipinski definition) is 1. The quantitative estimate of drug-likeness (QED) is 0.666. The summed E-state index contributed by atoms with van der Waals surface area (Å²) < 4.78 is 0. The molecule has 0 spiro atoms. The Bertz CT molecular complexity index is 544. The number of nitrogens with two attached hydrogens (primary N) is 1. The molecule has 0 aliphatic carbocycles. The first-order valence-corrected chi connectivity index (χ1v) is 5.34. The zero-order valence-corrected chi connectivity index (χ0v) is 9.94. The van der Waals surface area contributed by atoms with Gasteiger partial charge in [-0.05, 0) is 43.5 Å². The average molecular weight is 220 g/mol. The van der Waals surface area contributed by atoms with E-state index in [1.165, 1.54) is 11.1 Å². The first kappa shape index (κ1) is 10.3. The average Bonchev–Trinajstić information content (AvgIpc) is 2.18. The molecule has 0 radical (unpaired) electrons. The maximum atomic E-state index is 6.26. The minimum absolute atomic E-state index is 0.790. The van der Waals surface area contributed by atoms with E-state index in [1.807, 2.05) is 19.1 Å². The van der Waals surface area contributed by atoms with Crippen LogP contribution in [0, 0.1) is 20.8 Å². The highest BCUT2D eigenvalue weighted by molar-refractivity contribution is 6.36. The molecule has 0 saturated heterocycles. The van der Waals surface area contributed by atoms with Crippen LogP contribution in [0.4, 0.5) is 5.69 Å². The Morgan fingerprint density at radius 3 is 2.40 bits per heavy atom. The van der Waals surface area contributed by atoms with Crippen molar-refractivity contribution >= 4 is 28.1 Å². The molecule has 2 rings (SSSR count). The summed E-state index contributed by atoms with van der Waals surface area (Å²) in [6, 6.07) is 6.07. The van der Waals surface area contributed by atoms with Gasteiger partial charge in [-0.2, -0.15) is 0 Å². The molecule has 2 aromatic rings. The molecule has 0 fully saturated rings. The number of benzene rings is 2. The van der Waals surface area contributed by atoms with Gasteiger partial charge in [-0.25, -0.2) is 0 Å². The predicted molar refractivity (Wildman–Crippen MR) is 67.6 cm³/mol. The molecule has 0 bridgehead atoms. The summed E-state index contributed by atoms with van der Waals surface area (Å²) in [5, 5.41) is 2.93. The number of fused-ring (bicyclic) bond motifs is 1. The minimum atomic E-state index is 0.790. The second kappa shape index (κ2) is 3.42. The topological polar surface area (TPSA) is 26.0 Å². The zero-order valence-electron chi connectivity index (χ0n) is 9.19. The minimum Gasteiger partial charge on any atom is -0.398 e. The van der Waals surface area contributed by atoms with E-state index in [9.17, 15) is 0 Å². The van der Waals surface area contributed by atoms with Gasteiger partial charge in [0, 0.05) is 21.5 Å². The highest BCUT2D eigenvalue weighted by Gasteiger charge is 2.09. The lowest BCUT2D eigenvalue weighted by Crippen LogP contribution is -1.94. The van der Waals surface area contributed by atoms with Crippen LogP contribution < -0.4 is 5.73 Å². The number of halogens is 1. The zero-order chi connectivity index (χ0) is 11.2. The van der Waals surface area contributed by atoms with Gasteiger partial charge in [-0.3, -0.25) is 0 Å². The molecule has 15 heavy (non-hydrogen) atoms. The van der Waals surface area contributed by atoms with Crippen molar-refractivity contribution in [1.82, 2.24) is 0 Å². The summed E-state index contributed by atoms with van der Waals surface area (Å²) in [7, 11) is 0. The SMILES string of the molecule is Cc1cc(Cl)c2c(C)c(C)ccc2c1N. The monoisotopic (exact) mass is 219 g/mol. The molecule has 2 aromatic carbocycles. The van der Waals surface area contributed by atoms with Crippen molar-refractivity contribution in [3.05, 3.63) is 39.9 Å². The summed E-state index contributed by atoms with van der Waals surface area (Å²) in [6.07, 6.45) is 0. The lowest BCUT2D eigenvalue weighted by molar-refractivity contribution is 1.37. The third-order valence-electron chi connectivity index (χ3n) is 3.03. The van der Waals surface area contributed by atoms with Gasteiger partial charge in [0.1, 0.15) is 0 Å². The van der Waals surface area contributed by atoms with E-state index in [0.29, 0.717) is 0 Å². The fourth-order valence-electron chi connectivity index (χ4n) is 1.90. The molecule has 1 nitrogen and oxygen atoms in total. The number of hydrogen-bond donors (Lipinski definition) is 1. The molecule has 0 unspecified atom stereocenters. The molecule has 0 saturated carbocycles. The molecular weight excluding hydrogens is 206 g/mol. The molecule has 0 heterocycles. The summed E-state index contributed by atoms with van der Waals surface area (Å²) in [4.78, 5) is 0. The molecule has 2 N–H and O–H groups in total. The second-order valence-electron chi connectivity index (χ2n) is 4.02. The first-order chi connectivity index (χ1) is 7.02. The van der Waals surface area contributed by atoms with E-state index in [1.54, 1.807) is 0 Å². The van der Waals surface area contributed by atoms with Gasteiger partial charge in [0.2, 0.25) is 0 Å². The predicted octanol–water partition coefficient (Wildman–Crippen LogP) is 4.00. The Morgan fingerprint density at radius 1 is 1.07 bits per heavy atom. The van der Waals surface area contributed by atoms with Crippen molar-refractivity contribution in [2.24, 2.45) is 0 Å². The van der Waals surface area contributed by atoms with E-state index in [4.69, 9.17) is 17.3 Å². The molecular formula is C13H14ClN. The van der Waals surface area contributed by atoms with Crippen LogP contribution in [0.25, 0.3) is 10.8 Å². The normalized spacial score (nSPS) is 10.9. The highest BCUT2D eigenvalue weighted by Crippen LogP contribution is 2.34. The molecule has 2 heteroatoms. The summed E-state index contributed by atoms with van der Waals surface area (Å²) >= 11 is 6.26. The maximum Gasteiger partial charge on any atom is 0.0491 e. The maximum absolute atomic E-state index is 6.26. The van der Waals surface area contributed by atoms with Gasteiger partial charge >= 0.3 is 0 Å². The fraction of sp³-hybridized carbons (Fsp3) is 0.231. The van der Waals surface area contributed by atoms with Gasteiger partial charge in [0.05, 0.1) is 0 Å². The van der Waals surface area contributed by atoms with Crippen LogP contribution in [0.2, 0.25) is 5.02 Å². The lowest BCUT2D eigenvalue weighted by Gasteiger charge is -2.12. The number of rotatable bonds is 0. The Morgan fingerprint density at radius 2 is 1.73 bits per heavy atom. The van der Waals surface area contributed by atoms with Gasteiger partial charge in [-0.1, -0.05) is 23.7 Å². The number of anilines is 1. The van der Waals surface area contributed by atoms with Crippen LogP contribution in [0.3, 0.4) is 0 Å². The smallest absolute Gasteiger partial charge is 0.0491 e. The van der Waals surface area contributed by atoms with Crippen molar-refractivity contribution in [2.75, 3.05) is 5.73 Å². The standard InChI is InChI=1S/C13H14ClN/c1-7-4-5-10-12(9(7)3)11(14)6-8(2)13(10)15/h4-6H,15H2,1-3H3. The third kappa shape index (κ3) is 1.47. The van der Waals surface area contributed by atoms with Crippen LogP contribution in [0.15, 0.2) is 18.2 Å². The Hall–Kier alpha value is -1.21. The van der Waals surface area contributed by atoms with Crippen LogP contribution in [-0.2, 0) is 0 Å². The van der Waals surface area contributed by atoms with Crippen LogP contribution in [0.1, 0.15) is 16.7 Å². The van der Waals surface area contributed by atoms with Crippen LogP contribution in [0.5, 0.6) is 0 Å². The molecule has 0 aliphatic rings. The summed E-state index contributed by atoms with van der Waals surface area (Å²) in [5.74, 6) is 0. The Kier molecular flexibility index (Phi) is 2.35. The van der Waals surface area contributed by atoms with Gasteiger partial charge < -0.3 is 5.73 Å². The molecule has 0 amide bonds. The van der Waals surface area contributed by atoms with Crippen molar-refractivity contribution in [3.8, 4) is 0 Å².